The van der Waals surface area contributed by atoms with E-state index in [4.69, 9.17) is 11.6 Å². The number of piperidine rings is 1. The van der Waals surface area contributed by atoms with Gasteiger partial charge in [0.2, 0.25) is 0 Å². The number of thiazole rings is 1. The Hall–Kier alpha value is -2.82. The highest BCUT2D eigenvalue weighted by Gasteiger charge is 2.22. The van der Waals surface area contributed by atoms with Crippen LogP contribution in [0.4, 0.5) is 9.52 Å². The number of likely N-dealkylation sites (tertiary alicyclic amines) is 1. The topological polar surface area (TPSA) is 103 Å². The Morgan fingerprint density at radius 1 is 1.26 bits per heavy atom. The van der Waals surface area contributed by atoms with Gasteiger partial charge in [-0.05, 0) is 37.1 Å². The normalized spacial score (nSPS) is 15.0. The van der Waals surface area contributed by atoms with Crippen LogP contribution in [0.2, 0.25) is 5.02 Å². The van der Waals surface area contributed by atoms with Crippen LogP contribution in [-0.2, 0) is 6.54 Å². The molecule has 1 saturated heterocycles. The molecular weight excluding hydrogens is 443 g/mol. The van der Waals surface area contributed by atoms with E-state index in [9.17, 15) is 14.0 Å². The number of benzene rings is 1. The first-order chi connectivity index (χ1) is 15.0. The molecule has 3 heterocycles. The van der Waals surface area contributed by atoms with Crippen molar-refractivity contribution >= 4 is 39.9 Å². The first-order valence-corrected chi connectivity index (χ1v) is 11.0. The van der Waals surface area contributed by atoms with Crippen LogP contribution < -0.4 is 10.6 Å². The molecule has 0 atom stereocenters. The third kappa shape index (κ3) is 5.46. The summed E-state index contributed by atoms with van der Waals surface area (Å²) in [5.41, 5.74) is 1.52. The van der Waals surface area contributed by atoms with Crippen molar-refractivity contribution in [1.29, 1.82) is 0 Å². The van der Waals surface area contributed by atoms with Crippen LogP contribution in [-0.4, -0.2) is 51.0 Å². The minimum Gasteiger partial charge on any atom is -0.348 e. The molecule has 0 saturated carbocycles. The lowest BCUT2D eigenvalue weighted by Crippen LogP contribution is -2.44. The van der Waals surface area contributed by atoms with E-state index in [0.717, 1.165) is 55.6 Å². The van der Waals surface area contributed by atoms with E-state index in [2.05, 4.69) is 30.7 Å². The third-order valence-electron chi connectivity index (χ3n) is 5.01. The first-order valence-electron chi connectivity index (χ1n) is 9.71. The van der Waals surface area contributed by atoms with Crippen LogP contribution in [0, 0.1) is 5.82 Å². The van der Waals surface area contributed by atoms with E-state index in [0.29, 0.717) is 0 Å². The Morgan fingerprint density at radius 2 is 2.06 bits per heavy atom. The zero-order valence-electron chi connectivity index (χ0n) is 16.4. The molecule has 2 amide bonds. The molecule has 31 heavy (non-hydrogen) atoms. The lowest BCUT2D eigenvalue weighted by Gasteiger charge is -2.31. The highest BCUT2D eigenvalue weighted by molar-refractivity contribution is 7.14. The molecule has 2 aromatic heterocycles. The number of carbonyl (C=O) groups excluding carboxylic acids is 2. The number of rotatable bonds is 6. The van der Waals surface area contributed by atoms with E-state index < -0.39 is 11.7 Å². The number of halogens is 2. The lowest BCUT2D eigenvalue weighted by atomic mass is 10.0. The van der Waals surface area contributed by atoms with Crippen molar-refractivity contribution in [3.63, 3.8) is 0 Å². The van der Waals surface area contributed by atoms with Crippen molar-refractivity contribution in [2.24, 2.45) is 0 Å². The van der Waals surface area contributed by atoms with Crippen LogP contribution in [0.25, 0.3) is 0 Å². The summed E-state index contributed by atoms with van der Waals surface area (Å²) in [4.78, 5) is 31.3. The predicted octanol–water partition coefficient (Wildman–Crippen LogP) is 3.31. The number of aromatic amines is 1. The largest absolute Gasteiger partial charge is 0.348 e. The van der Waals surface area contributed by atoms with Crippen LogP contribution in [0.3, 0.4) is 0 Å². The quantitative estimate of drug-likeness (QED) is 0.521. The van der Waals surface area contributed by atoms with Crippen molar-refractivity contribution in [1.82, 2.24) is 25.4 Å². The van der Waals surface area contributed by atoms with E-state index in [1.807, 2.05) is 6.07 Å². The fraction of sp³-hybridized carbons (Fsp3) is 0.300. The summed E-state index contributed by atoms with van der Waals surface area (Å²) >= 11 is 6.86. The Balaban J connectivity index is 1.27. The standard InChI is InChI=1S/C20H20ClFN6O2S/c21-15-9-12(1-2-16(15)22)18(29)26-20-25-17(11-31-20)19(30)24-13-4-7-28(8-5-13)10-14-3-6-23-27-14/h1-3,6,9,11,13H,4-5,7-8,10H2,(H,23,27)(H,24,30)(H,25,26,29). The average molecular weight is 463 g/mol. The summed E-state index contributed by atoms with van der Waals surface area (Å²) in [5.74, 6) is -1.35. The van der Waals surface area contributed by atoms with Gasteiger partial charge in [-0.1, -0.05) is 11.6 Å². The zero-order valence-corrected chi connectivity index (χ0v) is 18.0. The van der Waals surface area contributed by atoms with Gasteiger partial charge in [0.05, 0.1) is 5.02 Å². The van der Waals surface area contributed by atoms with Crippen LogP contribution >= 0.6 is 22.9 Å². The van der Waals surface area contributed by atoms with Gasteiger partial charge in [-0.2, -0.15) is 5.10 Å². The molecule has 0 spiro atoms. The van der Waals surface area contributed by atoms with Crippen molar-refractivity contribution in [2.45, 2.75) is 25.4 Å². The molecule has 1 aromatic carbocycles. The van der Waals surface area contributed by atoms with E-state index in [-0.39, 0.29) is 33.4 Å². The second-order valence-corrected chi connectivity index (χ2v) is 8.49. The maximum absolute atomic E-state index is 13.3. The monoisotopic (exact) mass is 462 g/mol. The van der Waals surface area contributed by atoms with Crippen molar-refractivity contribution < 1.29 is 14.0 Å². The fourth-order valence-corrected chi connectivity index (χ4v) is 4.22. The first kappa shape index (κ1) is 21.4. The predicted molar refractivity (Wildman–Crippen MR) is 116 cm³/mol. The lowest BCUT2D eigenvalue weighted by molar-refractivity contribution is 0.0903. The number of aromatic nitrogens is 3. The Kier molecular flexibility index (Phi) is 6.59. The SMILES string of the molecule is O=C(Nc1nc(C(=O)NC2CCN(Cc3ccn[nH]3)CC2)cs1)c1ccc(F)c(Cl)c1. The number of carbonyl (C=O) groups is 2. The van der Waals surface area contributed by atoms with Gasteiger partial charge in [0, 0.05) is 48.5 Å². The van der Waals surface area contributed by atoms with E-state index in [1.54, 1.807) is 11.6 Å². The average Bonchev–Trinajstić information content (AvgIpc) is 3.44. The van der Waals surface area contributed by atoms with Crippen molar-refractivity contribution in [2.75, 3.05) is 18.4 Å². The van der Waals surface area contributed by atoms with Gasteiger partial charge in [0.25, 0.3) is 11.8 Å². The molecule has 0 radical (unpaired) electrons. The highest BCUT2D eigenvalue weighted by atomic mass is 35.5. The molecule has 1 fully saturated rings. The molecule has 8 nitrogen and oxygen atoms in total. The minimum absolute atomic E-state index is 0.0756. The molecule has 1 aliphatic rings. The Bertz CT molecular complexity index is 1070. The van der Waals surface area contributed by atoms with Crippen LogP contribution in [0.1, 0.15) is 39.4 Å². The summed E-state index contributed by atoms with van der Waals surface area (Å²) in [5, 5.41) is 14.3. The number of nitrogens with one attached hydrogen (secondary N) is 3. The van der Waals surface area contributed by atoms with Gasteiger partial charge in [-0.3, -0.25) is 24.9 Å². The van der Waals surface area contributed by atoms with Gasteiger partial charge in [-0.15, -0.1) is 11.3 Å². The van der Waals surface area contributed by atoms with Crippen LogP contribution in [0.15, 0.2) is 35.8 Å². The summed E-state index contributed by atoms with van der Waals surface area (Å²) in [6.07, 6.45) is 3.43. The molecule has 0 unspecified atom stereocenters. The molecular formula is C20H20ClFN6O2S. The Labute approximate surface area is 186 Å². The Morgan fingerprint density at radius 3 is 2.77 bits per heavy atom. The molecule has 1 aliphatic heterocycles. The summed E-state index contributed by atoms with van der Waals surface area (Å²) in [7, 11) is 0. The summed E-state index contributed by atoms with van der Waals surface area (Å²) in [6.45, 7) is 2.57. The van der Waals surface area contributed by atoms with Gasteiger partial charge >= 0.3 is 0 Å². The van der Waals surface area contributed by atoms with Gasteiger partial charge in [0.1, 0.15) is 11.5 Å². The number of anilines is 1. The van der Waals surface area contributed by atoms with Gasteiger partial charge < -0.3 is 5.32 Å². The third-order valence-corrected chi connectivity index (χ3v) is 6.06. The fourth-order valence-electron chi connectivity index (χ4n) is 3.35. The number of H-pyrrole nitrogens is 1. The van der Waals surface area contributed by atoms with Crippen molar-refractivity contribution in [3.8, 4) is 0 Å². The maximum atomic E-state index is 13.3. The van der Waals surface area contributed by atoms with Crippen molar-refractivity contribution in [3.05, 3.63) is 63.6 Å². The summed E-state index contributed by atoms with van der Waals surface area (Å²) in [6, 6.07) is 5.73. The minimum atomic E-state index is -0.599. The molecule has 11 heteroatoms. The smallest absolute Gasteiger partial charge is 0.271 e. The van der Waals surface area contributed by atoms with E-state index >= 15 is 0 Å². The zero-order chi connectivity index (χ0) is 21.8. The molecule has 4 rings (SSSR count). The molecule has 162 valence electrons. The second kappa shape index (κ2) is 9.54. The van der Waals surface area contributed by atoms with Crippen LogP contribution in [0.5, 0.6) is 0 Å². The molecule has 0 bridgehead atoms. The molecule has 3 aromatic rings. The number of hydrogen-bond donors (Lipinski definition) is 3. The number of nitrogens with zero attached hydrogens (tertiary/aromatic N) is 3. The van der Waals surface area contributed by atoms with Gasteiger partial charge in [0.15, 0.2) is 5.13 Å². The summed E-state index contributed by atoms with van der Waals surface area (Å²) < 4.78 is 13.3. The van der Waals surface area contributed by atoms with E-state index in [1.165, 1.54) is 12.1 Å². The number of hydrogen-bond acceptors (Lipinski definition) is 6. The highest BCUT2D eigenvalue weighted by Crippen LogP contribution is 2.20. The second-order valence-electron chi connectivity index (χ2n) is 7.23. The number of amides is 2. The molecule has 0 aliphatic carbocycles. The maximum Gasteiger partial charge on any atom is 0.271 e. The molecule has 3 N–H and O–H groups in total. The van der Waals surface area contributed by atoms with Gasteiger partial charge in [-0.25, -0.2) is 9.37 Å².